The fourth-order valence-corrected chi connectivity index (χ4v) is 4.45. The fraction of sp³-hybridized carbons (Fsp3) is 0.300. The fourth-order valence-electron chi connectivity index (χ4n) is 3.40. The van der Waals surface area contributed by atoms with Gasteiger partial charge < -0.3 is 19.3 Å². The van der Waals surface area contributed by atoms with E-state index in [0.717, 1.165) is 15.3 Å². The average Bonchev–Trinajstić information content (AvgIpc) is 3.21. The Hall–Kier alpha value is -3.40. The first-order valence-electron chi connectivity index (χ1n) is 9.31. The Bertz CT molecular complexity index is 1110. The lowest BCUT2D eigenvalue weighted by atomic mass is 10.1. The Labute approximate surface area is 176 Å². The summed E-state index contributed by atoms with van der Waals surface area (Å²) >= 11 is 1.42. The quantitative estimate of drug-likeness (QED) is 0.455. The molecule has 2 heterocycles. The van der Waals surface area contributed by atoms with Crippen LogP contribution in [0.2, 0.25) is 0 Å². The second-order valence-electron chi connectivity index (χ2n) is 6.75. The van der Waals surface area contributed by atoms with Crippen LogP contribution < -0.4 is 14.4 Å². The molecule has 1 aliphatic rings. The summed E-state index contributed by atoms with van der Waals surface area (Å²) < 4.78 is 11.3. The number of amides is 1. The highest BCUT2D eigenvalue weighted by atomic mass is 32.1. The molecule has 1 amide bonds. The molecule has 0 spiro atoms. The summed E-state index contributed by atoms with van der Waals surface area (Å²) in [4.78, 5) is 32.0. The summed E-state index contributed by atoms with van der Waals surface area (Å²) in [7, 11) is 3.09. The first-order chi connectivity index (χ1) is 14.5. The van der Waals surface area contributed by atoms with Gasteiger partial charge >= 0.3 is 0 Å². The number of rotatable bonds is 5. The molecular weight excluding hydrogens is 408 g/mol. The molecule has 3 aromatic rings. The molecule has 0 saturated carbocycles. The summed E-state index contributed by atoms with van der Waals surface area (Å²) in [6, 6.07) is 9.84. The molecule has 0 N–H and O–H groups in total. The Kier molecular flexibility index (Phi) is 5.40. The number of thiazole rings is 1. The molecule has 0 bridgehead atoms. The van der Waals surface area contributed by atoms with Crippen LogP contribution in [0.3, 0.4) is 0 Å². The Morgan fingerprint density at radius 3 is 2.53 bits per heavy atom. The van der Waals surface area contributed by atoms with E-state index in [-0.39, 0.29) is 11.6 Å². The van der Waals surface area contributed by atoms with Gasteiger partial charge in [-0.05, 0) is 18.2 Å². The molecule has 156 valence electrons. The number of fused-ring (bicyclic) bond motifs is 1. The summed E-state index contributed by atoms with van der Waals surface area (Å²) in [6.45, 7) is 2.35. The van der Waals surface area contributed by atoms with Gasteiger partial charge in [-0.15, -0.1) is 0 Å². The standard InChI is InChI=1S/C20H20N4O5S/c1-28-14-4-5-15(17(12-14)29-2)19(25)22-7-9-23(10-8-22)20-21-16-6-3-13(24(26)27)11-18(16)30-20/h3-6,11-12H,7-10H2,1-2H3. The summed E-state index contributed by atoms with van der Waals surface area (Å²) in [6.07, 6.45) is 0. The van der Waals surface area contributed by atoms with Gasteiger partial charge in [0.1, 0.15) is 11.5 Å². The van der Waals surface area contributed by atoms with Gasteiger partial charge in [0.15, 0.2) is 5.13 Å². The molecule has 0 radical (unpaired) electrons. The molecule has 1 saturated heterocycles. The van der Waals surface area contributed by atoms with Crippen molar-refractivity contribution in [2.24, 2.45) is 0 Å². The van der Waals surface area contributed by atoms with Crippen molar-refractivity contribution < 1.29 is 19.2 Å². The molecule has 0 aliphatic carbocycles. The molecule has 9 nitrogen and oxygen atoms in total. The van der Waals surface area contributed by atoms with Crippen molar-refractivity contribution in [1.29, 1.82) is 0 Å². The van der Waals surface area contributed by atoms with Crippen molar-refractivity contribution in [3.05, 3.63) is 52.1 Å². The zero-order valence-electron chi connectivity index (χ0n) is 16.5. The normalized spacial score (nSPS) is 14.1. The van der Waals surface area contributed by atoms with Crippen molar-refractivity contribution >= 4 is 38.3 Å². The van der Waals surface area contributed by atoms with Crippen LogP contribution in [0, 0.1) is 10.1 Å². The number of piperazine rings is 1. The lowest BCUT2D eigenvalue weighted by Gasteiger charge is -2.34. The number of carbonyl (C=O) groups excluding carboxylic acids is 1. The number of hydrogen-bond donors (Lipinski definition) is 0. The van der Waals surface area contributed by atoms with E-state index >= 15 is 0 Å². The number of hydrogen-bond acceptors (Lipinski definition) is 8. The molecule has 1 fully saturated rings. The van der Waals surface area contributed by atoms with E-state index in [1.165, 1.54) is 24.5 Å². The molecule has 10 heteroatoms. The van der Waals surface area contributed by atoms with Crippen LogP contribution in [0.4, 0.5) is 10.8 Å². The lowest BCUT2D eigenvalue weighted by Crippen LogP contribution is -2.48. The first-order valence-corrected chi connectivity index (χ1v) is 10.1. The first kappa shape index (κ1) is 19.9. The van der Waals surface area contributed by atoms with Gasteiger partial charge in [-0.2, -0.15) is 0 Å². The lowest BCUT2D eigenvalue weighted by molar-refractivity contribution is -0.384. The van der Waals surface area contributed by atoms with Gasteiger partial charge in [0.05, 0.1) is 34.9 Å². The number of nitro benzene ring substituents is 1. The minimum atomic E-state index is -0.406. The highest BCUT2D eigenvalue weighted by Gasteiger charge is 2.26. The van der Waals surface area contributed by atoms with Crippen LogP contribution in [-0.2, 0) is 0 Å². The number of aromatic nitrogens is 1. The molecule has 4 rings (SSSR count). The summed E-state index contributed by atoms with van der Waals surface area (Å²) in [5.74, 6) is 1.02. The van der Waals surface area contributed by atoms with Crippen LogP contribution in [-0.4, -0.2) is 61.1 Å². The predicted molar refractivity (Wildman–Crippen MR) is 114 cm³/mol. The number of ether oxygens (including phenoxy) is 2. The van der Waals surface area contributed by atoms with Crippen LogP contribution in [0.5, 0.6) is 11.5 Å². The largest absolute Gasteiger partial charge is 0.497 e. The van der Waals surface area contributed by atoms with Gasteiger partial charge in [-0.1, -0.05) is 11.3 Å². The third kappa shape index (κ3) is 3.73. The molecule has 2 aromatic carbocycles. The summed E-state index contributed by atoms with van der Waals surface area (Å²) in [5.41, 5.74) is 1.29. The van der Waals surface area contributed by atoms with E-state index in [1.54, 1.807) is 42.3 Å². The van der Waals surface area contributed by atoms with Crippen molar-refractivity contribution in [3.8, 4) is 11.5 Å². The maximum atomic E-state index is 13.0. The number of nitro groups is 1. The summed E-state index contributed by atoms with van der Waals surface area (Å²) in [5, 5.41) is 11.8. The minimum Gasteiger partial charge on any atom is -0.497 e. The van der Waals surface area contributed by atoms with Gasteiger partial charge in [-0.25, -0.2) is 4.98 Å². The van der Waals surface area contributed by atoms with Crippen molar-refractivity contribution in [2.75, 3.05) is 45.3 Å². The third-order valence-corrected chi connectivity index (χ3v) is 6.13. The monoisotopic (exact) mass is 428 g/mol. The molecular formula is C20H20N4O5S. The van der Waals surface area contributed by atoms with Gasteiger partial charge in [0, 0.05) is 44.4 Å². The Balaban J connectivity index is 1.47. The number of carbonyl (C=O) groups is 1. The maximum Gasteiger partial charge on any atom is 0.270 e. The van der Waals surface area contributed by atoms with Crippen LogP contribution >= 0.6 is 11.3 Å². The second-order valence-corrected chi connectivity index (χ2v) is 7.76. The van der Waals surface area contributed by atoms with E-state index in [9.17, 15) is 14.9 Å². The van der Waals surface area contributed by atoms with Crippen molar-refractivity contribution in [2.45, 2.75) is 0 Å². The molecule has 1 aromatic heterocycles. The van der Waals surface area contributed by atoms with Crippen LogP contribution in [0.25, 0.3) is 10.2 Å². The van der Waals surface area contributed by atoms with E-state index < -0.39 is 4.92 Å². The second kappa shape index (κ2) is 8.15. The predicted octanol–water partition coefficient (Wildman–Crippen LogP) is 3.18. The number of nitrogens with zero attached hydrogens (tertiary/aromatic N) is 4. The molecule has 30 heavy (non-hydrogen) atoms. The van der Waals surface area contributed by atoms with E-state index in [0.29, 0.717) is 43.2 Å². The van der Waals surface area contributed by atoms with Gasteiger partial charge in [0.2, 0.25) is 0 Å². The highest BCUT2D eigenvalue weighted by Crippen LogP contribution is 2.32. The molecule has 1 aliphatic heterocycles. The molecule has 0 atom stereocenters. The van der Waals surface area contributed by atoms with Gasteiger partial charge in [0.25, 0.3) is 11.6 Å². The average molecular weight is 428 g/mol. The smallest absolute Gasteiger partial charge is 0.270 e. The van der Waals surface area contributed by atoms with Crippen molar-refractivity contribution in [1.82, 2.24) is 9.88 Å². The van der Waals surface area contributed by atoms with E-state index in [1.807, 2.05) is 0 Å². The van der Waals surface area contributed by atoms with Gasteiger partial charge in [-0.3, -0.25) is 14.9 Å². The van der Waals surface area contributed by atoms with Crippen molar-refractivity contribution in [3.63, 3.8) is 0 Å². The number of benzene rings is 2. The zero-order chi connectivity index (χ0) is 21.3. The topological polar surface area (TPSA) is 98.0 Å². The minimum absolute atomic E-state index is 0.0570. The SMILES string of the molecule is COc1ccc(C(=O)N2CCN(c3nc4ccc([N+](=O)[O-])cc4s3)CC2)c(OC)c1. The Morgan fingerprint density at radius 1 is 1.10 bits per heavy atom. The number of anilines is 1. The van der Waals surface area contributed by atoms with E-state index in [4.69, 9.17) is 9.47 Å². The van der Waals surface area contributed by atoms with E-state index in [2.05, 4.69) is 9.88 Å². The van der Waals surface area contributed by atoms with Crippen LogP contribution in [0.15, 0.2) is 36.4 Å². The molecule has 0 unspecified atom stereocenters. The number of methoxy groups -OCH3 is 2. The number of non-ortho nitro benzene ring substituents is 1. The Morgan fingerprint density at radius 2 is 1.87 bits per heavy atom. The zero-order valence-corrected chi connectivity index (χ0v) is 17.3. The third-order valence-electron chi connectivity index (χ3n) is 5.05. The van der Waals surface area contributed by atoms with Crippen LogP contribution in [0.1, 0.15) is 10.4 Å². The highest BCUT2D eigenvalue weighted by molar-refractivity contribution is 7.22. The maximum absolute atomic E-state index is 13.0.